The first-order valence-corrected chi connectivity index (χ1v) is 6.22. The van der Waals surface area contributed by atoms with Gasteiger partial charge in [0, 0.05) is 26.1 Å². The summed E-state index contributed by atoms with van der Waals surface area (Å²) in [6.07, 6.45) is 4.79. The van der Waals surface area contributed by atoms with Crippen molar-refractivity contribution < 1.29 is 9.15 Å². The fourth-order valence-corrected chi connectivity index (χ4v) is 2.16. The maximum absolute atomic E-state index is 5.98. The lowest BCUT2D eigenvalue weighted by molar-refractivity contribution is 0.0716. The summed E-state index contributed by atoms with van der Waals surface area (Å²) >= 11 is 0. The second kappa shape index (κ2) is 5.51. The minimum absolute atomic E-state index is 0.0604. The number of ether oxygens (including phenoxy) is 1. The first-order valence-electron chi connectivity index (χ1n) is 6.22. The summed E-state index contributed by atoms with van der Waals surface area (Å²) in [5, 5.41) is 0. The number of aromatic nitrogens is 1. The molecule has 96 valence electrons. The van der Waals surface area contributed by atoms with E-state index in [2.05, 4.69) is 16.8 Å². The molecule has 1 fully saturated rings. The summed E-state index contributed by atoms with van der Waals surface area (Å²) in [6, 6.07) is 0.809. The average Bonchev–Trinajstić information content (AvgIpc) is 2.79. The highest BCUT2D eigenvalue weighted by Crippen LogP contribution is 2.21. The van der Waals surface area contributed by atoms with Crippen LogP contribution in [-0.4, -0.2) is 37.3 Å². The van der Waals surface area contributed by atoms with Crippen molar-refractivity contribution in [3.8, 4) is 0 Å². The Morgan fingerprint density at radius 2 is 2.47 bits per heavy atom. The van der Waals surface area contributed by atoms with Crippen LogP contribution in [-0.2, 0) is 11.2 Å². The zero-order valence-corrected chi connectivity index (χ0v) is 10.6. The van der Waals surface area contributed by atoms with E-state index in [1.807, 2.05) is 6.20 Å². The van der Waals surface area contributed by atoms with E-state index >= 15 is 0 Å². The van der Waals surface area contributed by atoms with Crippen LogP contribution >= 0.6 is 0 Å². The number of hydrogen-bond donors (Lipinski definition) is 1. The highest BCUT2D eigenvalue weighted by Gasteiger charge is 2.28. The molecule has 1 aromatic heterocycles. The third-order valence-corrected chi connectivity index (χ3v) is 3.22. The molecule has 1 aromatic rings. The molecular weight excluding hydrogens is 218 g/mol. The molecule has 2 heterocycles. The van der Waals surface area contributed by atoms with E-state index in [9.17, 15) is 0 Å². The summed E-state index contributed by atoms with van der Waals surface area (Å²) < 4.78 is 11.1. The van der Waals surface area contributed by atoms with E-state index in [1.165, 1.54) is 0 Å². The summed E-state index contributed by atoms with van der Waals surface area (Å²) in [7, 11) is 1.70. The molecule has 0 bridgehead atoms. The Morgan fingerprint density at radius 3 is 3.18 bits per heavy atom. The first kappa shape index (κ1) is 12.4. The third kappa shape index (κ3) is 2.79. The van der Waals surface area contributed by atoms with Gasteiger partial charge in [-0.2, -0.15) is 0 Å². The molecule has 0 radical (unpaired) electrons. The van der Waals surface area contributed by atoms with Gasteiger partial charge in [0.05, 0.1) is 18.8 Å². The quantitative estimate of drug-likeness (QED) is 0.854. The van der Waals surface area contributed by atoms with Crippen molar-refractivity contribution in [1.82, 2.24) is 4.98 Å². The molecule has 5 heteroatoms. The molecule has 2 N–H and O–H groups in total. The van der Waals surface area contributed by atoms with Crippen LogP contribution in [0.1, 0.15) is 25.5 Å². The second-order valence-electron chi connectivity index (χ2n) is 4.53. The van der Waals surface area contributed by atoms with Crippen LogP contribution in [0.3, 0.4) is 0 Å². The minimum Gasteiger partial charge on any atom is -0.429 e. The van der Waals surface area contributed by atoms with Gasteiger partial charge in [0.1, 0.15) is 5.76 Å². The van der Waals surface area contributed by atoms with Crippen molar-refractivity contribution in [2.75, 3.05) is 25.1 Å². The van der Waals surface area contributed by atoms with Crippen LogP contribution in [0.15, 0.2) is 10.6 Å². The van der Waals surface area contributed by atoms with E-state index in [0.717, 1.165) is 38.1 Å². The highest BCUT2D eigenvalue weighted by atomic mass is 16.5. The van der Waals surface area contributed by atoms with E-state index in [0.29, 0.717) is 6.01 Å². The van der Waals surface area contributed by atoms with Crippen molar-refractivity contribution in [3.63, 3.8) is 0 Å². The van der Waals surface area contributed by atoms with Crippen molar-refractivity contribution >= 4 is 6.01 Å². The van der Waals surface area contributed by atoms with Gasteiger partial charge in [-0.3, -0.25) is 0 Å². The lowest BCUT2D eigenvalue weighted by Gasteiger charge is -2.34. The smallest absolute Gasteiger partial charge is 0.297 e. The Hall–Kier alpha value is -1.07. The lowest BCUT2D eigenvalue weighted by Crippen LogP contribution is -2.51. The molecule has 0 amide bonds. The zero-order valence-electron chi connectivity index (χ0n) is 10.6. The zero-order chi connectivity index (χ0) is 12.3. The molecule has 1 saturated heterocycles. The monoisotopic (exact) mass is 239 g/mol. The molecule has 0 spiro atoms. The van der Waals surface area contributed by atoms with Gasteiger partial charge in [0.15, 0.2) is 0 Å². The van der Waals surface area contributed by atoms with E-state index in [4.69, 9.17) is 14.9 Å². The molecule has 5 nitrogen and oxygen atoms in total. The largest absolute Gasteiger partial charge is 0.429 e. The molecule has 1 aliphatic rings. The predicted octanol–water partition coefficient (Wildman–Crippen LogP) is 1.18. The molecule has 2 rings (SSSR count). The second-order valence-corrected chi connectivity index (χ2v) is 4.53. The van der Waals surface area contributed by atoms with Crippen molar-refractivity contribution in [1.29, 1.82) is 0 Å². The van der Waals surface area contributed by atoms with Gasteiger partial charge < -0.3 is 19.8 Å². The van der Waals surface area contributed by atoms with Crippen LogP contribution in [0, 0.1) is 0 Å². The molecule has 17 heavy (non-hydrogen) atoms. The third-order valence-electron chi connectivity index (χ3n) is 3.22. The summed E-state index contributed by atoms with van der Waals surface area (Å²) in [6.45, 7) is 3.76. The molecule has 1 aliphatic heterocycles. The minimum atomic E-state index is 0.0604. The average molecular weight is 239 g/mol. The molecule has 0 saturated carbocycles. The van der Waals surface area contributed by atoms with Crippen molar-refractivity contribution in [3.05, 3.63) is 12.0 Å². The summed E-state index contributed by atoms with van der Waals surface area (Å²) in [5.41, 5.74) is 5.98. The van der Waals surface area contributed by atoms with E-state index in [-0.39, 0.29) is 12.1 Å². The molecular formula is C12H21N3O2. The number of nitrogens with two attached hydrogens (primary N) is 1. The SMILES string of the molecule is CCCc1cnc(N2CCC(N)C(OC)C2)o1. The fourth-order valence-electron chi connectivity index (χ4n) is 2.16. The fraction of sp³-hybridized carbons (Fsp3) is 0.750. The van der Waals surface area contributed by atoms with Gasteiger partial charge in [-0.15, -0.1) is 0 Å². The number of anilines is 1. The number of aryl methyl sites for hydroxylation is 1. The standard InChI is InChI=1S/C12H21N3O2/c1-3-4-9-7-14-12(17-9)15-6-5-10(13)11(8-15)16-2/h7,10-11H,3-6,8,13H2,1-2H3. The Balaban J connectivity index is 2.01. The first-order chi connectivity index (χ1) is 8.24. The van der Waals surface area contributed by atoms with Gasteiger partial charge >= 0.3 is 0 Å². The van der Waals surface area contributed by atoms with Crippen molar-refractivity contribution in [2.24, 2.45) is 5.73 Å². The Morgan fingerprint density at radius 1 is 1.65 bits per heavy atom. The van der Waals surface area contributed by atoms with Crippen LogP contribution in [0.2, 0.25) is 0 Å². The van der Waals surface area contributed by atoms with Gasteiger partial charge in [-0.25, -0.2) is 4.98 Å². The van der Waals surface area contributed by atoms with Crippen LogP contribution < -0.4 is 10.6 Å². The Kier molecular flexibility index (Phi) is 4.02. The van der Waals surface area contributed by atoms with Crippen LogP contribution in [0.25, 0.3) is 0 Å². The van der Waals surface area contributed by atoms with E-state index < -0.39 is 0 Å². The summed E-state index contributed by atoms with van der Waals surface area (Å²) in [5.74, 6) is 0.950. The Bertz CT molecular complexity index is 353. The summed E-state index contributed by atoms with van der Waals surface area (Å²) in [4.78, 5) is 6.42. The normalized spacial score (nSPS) is 25.2. The van der Waals surface area contributed by atoms with Crippen LogP contribution in [0.4, 0.5) is 6.01 Å². The number of methoxy groups -OCH3 is 1. The predicted molar refractivity (Wildman–Crippen MR) is 66.1 cm³/mol. The molecule has 2 atom stereocenters. The van der Waals surface area contributed by atoms with Crippen molar-refractivity contribution in [2.45, 2.75) is 38.3 Å². The number of nitrogens with zero attached hydrogens (tertiary/aromatic N) is 2. The highest BCUT2D eigenvalue weighted by molar-refractivity contribution is 5.28. The van der Waals surface area contributed by atoms with Gasteiger partial charge in [-0.05, 0) is 12.8 Å². The van der Waals surface area contributed by atoms with Crippen LogP contribution in [0.5, 0.6) is 0 Å². The molecule has 0 aliphatic carbocycles. The maximum atomic E-state index is 5.98. The number of piperidine rings is 1. The molecule has 2 unspecified atom stereocenters. The van der Waals surface area contributed by atoms with E-state index in [1.54, 1.807) is 7.11 Å². The van der Waals surface area contributed by atoms with Gasteiger partial charge in [-0.1, -0.05) is 6.92 Å². The maximum Gasteiger partial charge on any atom is 0.297 e. The number of hydrogen-bond acceptors (Lipinski definition) is 5. The Labute approximate surface area is 102 Å². The van der Waals surface area contributed by atoms with Gasteiger partial charge in [0.25, 0.3) is 6.01 Å². The topological polar surface area (TPSA) is 64.5 Å². The lowest BCUT2D eigenvalue weighted by atomic mass is 10.0. The number of rotatable bonds is 4. The number of oxazole rings is 1. The van der Waals surface area contributed by atoms with Gasteiger partial charge in [0.2, 0.25) is 0 Å². The molecule has 0 aromatic carbocycles.